The van der Waals surface area contributed by atoms with Crippen molar-refractivity contribution >= 4 is 0 Å². The van der Waals surface area contributed by atoms with Gasteiger partial charge in [0.2, 0.25) is 0 Å². The van der Waals surface area contributed by atoms with Crippen LogP contribution in [0, 0.1) is 34.0 Å². The fraction of sp³-hybridized carbons (Fsp3) is 0.556. The molecule has 1 aliphatic rings. The van der Waals surface area contributed by atoms with E-state index in [1.165, 1.54) is 0 Å². The van der Waals surface area contributed by atoms with Crippen LogP contribution in [-0.2, 0) is 0 Å². The number of allylic oxidation sites excluding steroid dienone is 1. The predicted octanol–water partition coefficient (Wildman–Crippen LogP) is 2.01. The molecule has 2 heteroatoms. The van der Waals surface area contributed by atoms with Crippen LogP contribution < -0.4 is 0 Å². The van der Waals surface area contributed by atoms with Crippen molar-refractivity contribution in [2.75, 3.05) is 0 Å². The standard InChI is InChI=1S/C9H10N2/c1-2-8-4-3-5-9(8,6-10)7-11/h2,8H,1,3-5H2. The molecule has 0 heterocycles. The van der Waals surface area contributed by atoms with Crippen molar-refractivity contribution in [3.8, 4) is 12.1 Å². The van der Waals surface area contributed by atoms with E-state index in [1.54, 1.807) is 6.08 Å². The first-order chi connectivity index (χ1) is 5.29. The van der Waals surface area contributed by atoms with Crippen LogP contribution >= 0.6 is 0 Å². The maximum absolute atomic E-state index is 8.80. The van der Waals surface area contributed by atoms with E-state index in [1.807, 2.05) is 0 Å². The molecule has 1 rings (SSSR count). The van der Waals surface area contributed by atoms with Crippen molar-refractivity contribution in [3.05, 3.63) is 12.7 Å². The Morgan fingerprint density at radius 2 is 2.09 bits per heavy atom. The van der Waals surface area contributed by atoms with Crippen molar-refractivity contribution in [2.24, 2.45) is 11.3 Å². The van der Waals surface area contributed by atoms with Gasteiger partial charge in [-0.1, -0.05) is 12.5 Å². The highest BCUT2D eigenvalue weighted by atomic mass is 14.5. The minimum absolute atomic E-state index is 0.0810. The average Bonchev–Trinajstić information content (AvgIpc) is 2.47. The van der Waals surface area contributed by atoms with E-state index in [9.17, 15) is 0 Å². The van der Waals surface area contributed by atoms with Gasteiger partial charge in [-0.2, -0.15) is 10.5 Å². The Labute approximate surface area is 66.7 Å². The molecule has 0 radical (unpaired) electrons. The Kier molecular flexibility index (Phi) is 1.96. The fourth-order valence-electron chi connectivity index (χ4n) is 1.65. The molecule has 0 aromatic rings. The summed E-state index contributed by atoms with van der Waals surface area (Å²) in [5.41, 5.74) is -0.762. The van der Waals surface area contributed by atoms with E-state index in [0.29, 0.717) is 6.42 Å². The number of nitriles is 2. The molecule has 1 saturated carbocycles. The Morgan fingerprint density at radius 1 is 1.45 bits per heavy atom. The molecule has 0 aliphatic heterocycles. The molecule has 0 amide bonds. The molecule has 0 N–H and O–H groups in total. The summed E-state index contributed by atoms with van der Waals surface area (Å²) in [5, 5.41) is 17.6. The summed E-state index contributed by atoms with van der Waals surface area (Å²) in [5.74, 6) is 0.0810. The first-order valence-corrected chi connectivity index (χ1v) is 3.74. The molecule has 1 aliphatic carbocycles. The third-order valence-electron chi connectivity index (χ3n) is 2.40. The zero-order valence-corrected chi connectivity index (χ0v) is 6.38. The molecular weight excluding hydrogens is 136 g/mol. The van der Waals surface area contributed by atoms with E-state index in [0.717, 1.165) is 12.8 Å². The largest absolute Gasteiger partial charge is 0.197 e. The monoisotopic (exact) mass is 146 g/mol. The highest BCUT2D eigenvalue weighted by Gasteiger charge is 2.41. The Morgan fingerprint density at radius 3 is 2.45 bits per heavy atom. The molecule has 56 valence electrons. The van der Waals surface area contributed by atoms with Gasteiger partial charge in [-0.3, -0.25) is 0 Å². The molecule has 1 fully saturated rings. The first-order valence-electron chi connectivity index (χ1n) is 3.74. The number of hydrogen-bond donors (Lipinski definition) is 0. The lowest BCUT2D eigenvalue weighted by atomic mass is 9.81. The summed E-state index contributed by atoms with van der Waals surface area (Å²) in [6, 6.07) is 4.19. The van der Waals surface area contributed by atoms with E-state index in [2.05, 4.69) is 18.7 Å². The van der Waals surface area contributed by atoms with Crippen LogP contribution in [0.2, 0.25) is 0 Å². The summed E-state index contributed by atoms with van der Waals surface area (Å²) in [7, 11) is 0. The second-order valence-corrected chi connectivity index (χ2v) is 2.93. The normalized spacial score (nSPS) is 26.9. The lowest BCUT2D eigenvalue weighted by molar-refractivity contribution is 0.448. The van der Waals surface area contributed by atoms with Gasteiger partial charge in [-0.15, -0.1) is 6.58 Å². The molecule has 0 saturated heterocycles. The van der Waals surface area contributed by atoms with E-state index in [-0.39, 0.29) is 5.92 Å². The predicted molar refractivity (Wildman–Crippen MR) is 41.2 cm³/mol. The zero-order chi connectivity index (χ0) is 8.32. The third-order valence-corrected chi connectivity index (χ3v) is 2.40. The van der Waals surface area contributed by atoms with E-state index < -0.39 is 5.41 Å². The van der Waals surface area contributed by atoms with Crippen molar-refractivity contribution in [3.63, 3.8) is 0 Å². The summed E-state index contributed by atoms with van der Waals surface area (Å²) in [6.45, 7) is 3.63. The molecule has 1 atom stereocenters. The van der Waals surface area contributed by atoms with Crippen LogP contribution in [0.5, 0.6) is 0 Å². The highest BCUT2D eigenvalue weighted by Crippen LogP contribution is 2.42. The van der Waals surface area contributed by atoms with Crippen LogP contribution in [0.25, 0.3) is 0 Å². The van der Waals surface area contributed by atoms with Crippen LogP contribution in [0.4, 0.5) is 0 Å². The van der Waals surface area contributed by atoms with Gasteiger partial charge in [0, 0.05) is 5.92 Å². The maximum Gasteiger partial charge on any atom is 0.150 e. The van der Waals surface area contributed by atoms with Gasteiger partial charge in [-0.05, 0) is 12.8 Å². The van der Waals surface area contributed by atoms with Gasteiger partial charge >= 0.3 is 0 Å². The van der Waals surface area contributed by atoms with Crippen LogP contribution in [-0.4, -0.2) is 0 Å². The highest BCUT2D eigenvalue weighted by molar-refractivity contribution is 5.21. The zero-order valence-electron chi connectivity index (χ0n) is 6.38. The fourth-order valence-corrected chi connectivity index (χ4v) is 1.65. The average molecular weight is 146 g/mol. The third kappa shape index (κ3) is 1.01. The first kappa shape index (κ1) is 7.82. The minimum Gasteiger partial charge on any atom is -0.197 e. The lowest BCUT2D eigenvalue weighted by Crippen LogP contribution is -2.19. The smallest absolute Gasteiger partial charge is 0.150 e. The Bertz CT molecular complexity index is 227. The van der Waals surface area contributed by atoms with Crippen molar-refractivity contribution < 1.29 is 0 Å². The molecule has 0 aromatic heterocycles. The molecular formula is C9H10N2. The van der Waals surface area contributed by atoms with Gasteiger partial charge in [0.15, 0.2) is 0 Å². The molecule has 0 aromatic carbocycles. The summed E-state index contributed by atoms with van der Waals surface area (Å²) in [6.07, 6.45) is 4.35. The van der Waals surface area contributed by atoms with E-state index >= 15 is 0 Å². The van der Waals surface area contributed by atoms with Gasteiger partial charge in [0.25, 0.3) is 0 Å². The molecule has 11 heavy (non-hydrogen) atoms. The van der Waals surface area contributed by atoms with Crippen molar-refractivity contribution in [2.45, 2.75) is 19.3 Å². The Hall–Kier alpha value is -1.28. The summed E-state index contributed by atoms with van der Waals surface area (Å²) in [4.78, 5) is 0. The number of hydrogen-bond acceptors (Lipinski definition) is 2. The lowest BCUT2D eigenvalue weighted by Gasteiger charge is -2.16. The number of nitrogens with zero attached hydrogens (tertiary/aromatic N) is 2. The minimum atomic E-state index is -0.762. The van der Waals surface area contributed by atoms with Gasteiger partial charge in [0.05, 0.1) is 12.1 Å². The van der Waals surface area contributed by atoms with Crippen LogP contribution in [0.1, 0.15) is 19.3 Å². The quantitative estimate of drug-likeness (QED) is 0.531. The number of rotatable bonds is 1. The molecule has 2 nitrogen and oxygen atoms in total. The van der Waals surface area contributed by atoms with Gasteiger partial charge in [-0.25, -0.2) is 0 Å². The maximum atomic E-state index is 8.80. The van der Waals surface area contributed by atoms with E-state index in [4.69, 9.17) is 10.5 Å². The van der Waals surface area contributed by atoms with Crippen LogP contribution in [0.3, 0.4) is 0 Å². The van der Waals surface area contributed by atoms with Crippen molar-refractivity contribution in [1.29, 1.82) is 10.5 Å². The van der Waals surface area contributed by atoms with Crippen LogP contribution in [0.15, 0.2) is 12.7 Å². The second kappa shape index (κ2) is 2.76. The topological polar surface area (TPSA) is 47.6 Å². The summed E-state index contributed by atoms with van der Waals surface area (Å²) >= 11 is 0. The molecule has 1 unspecified atom stereocenters. The second-order valence-electron chi connectivity index (χ2n) is 2.93. The van der Waals surface area contributed by atoms with Crippen molar-refractivity contribution in [1.82, 2.24) is 0 Å². The van der Waals surface area contributed by atoms with Gasteiger partial charge in [0.1, 0.15) is 5.41 Å². The Balaban J connectivity index is 2.93. The summed E-state index contributed by atoms with van der Waals surface area (Å²) < 4.78 is 0. The molecule has 0 spiro atoms. The van der Waals surface area contributed by atoms with Gasteiger partial charge < -0.3 is 0 Å². The SMILES string of the molecule is C=CC1CCCC1(C#N)C#N. The molecule has 0 bridgehead atoms.